The van der Waals surface area contributed by atoms with Crippen LogP contribution in [0.5, 0.6) is 0 Å². The maximum absolute atomic E-state index is 11.8. The van der Waals surface area contributed by atoms with Gasteiger partial charge in [-0.3, -0.25) is 0 Å². The van der Waals surface area contributed by atoms with Crippen LogP contribution in [0.3, 0.4) is 0 Å². The van der Waals surface area contributed by atoms with Gasteiger partial charge in [0.1, 0.15) is 5.60 Å². The molecule has 118 valence electrons. The average Bonchev–Trinajstić information content (AvgIpc) is 3.02. The molecule has 1 aromatic heterocycles. The van der Waals surface area contributed by atoms with Crippen LogP contribution in [0.15, 0.2) is 41.1 Å². The molecule has 1 heterocycles. The molecule has 0 radical (unpaired) electrons. The van der Waals surface area contributed by atoms with Gasteiger partial charge in [-0.05, 0) is 47.4 Å². The van der Waals surface area contributed by atoms with Crippen LogP contribution in [-0.4, -0.2) is 24.2 Å². The molecule has 0 fully saturated rings. The van der Waals surface area contributed by atoms with E-state index in [1.807, 2.05) is 41.1 Å². The minimum absolute atomic E-state index is 0.154. The van der Waals surface area contributed by atoms with Crippen molar-refractivity contribution < 1.29 is 9.90 Å². The summed E-state index contributed by atoms with van der Waals surface area (Å²) in [5.74, 6) is 0. The number of aliphatic hydroxyl groups is 1. The van der Waals surface area contributed by atoms with Crippen LogP contribution in [0.4, 0.5) is 4.79 Å². The normalized spacial score (nSPS) is 13.4. The number of halogens is 1. The molecular formula is C16H19ClN2O2S. The lowest BCUT2D eigenvalue weighted by atomic mass is 9.99. The number of urea groups is 1. The Morgan fingerprint density at radius 3 is 2.77 bits per heavy atom. The highest BCUT2D eigenvalue weighted by Gasteiger charge is 2.23. The Hall–Kier alpha value is -1.56. The van der Waals surface area contributed by atoms with E-state index < -0.39 is 5.60 Å². The Labute approximate surface area is 139 Å². The van der Waals surface area contributed by atoms with Gasteiger partial charge >= 0.3 is 6.03 Å². The third-order valence-corrected chi connectivity index (χ3v) is 4.43. The summed E-state index contributed by atoms with van der Waals surface area (Å²) in [6.07, 6.45) is 0.661. The second-order valence-corrected chi connectivity index (χ2v) is 6.42. The Bertz CT molecular complexity index is 614. The molecule has 1 unspecified atom stereocenters. The lowest BCUT2D eigenvalue weighted by Crippen LogP contribution is -2.43. The van der Waals surface area contributed by atoms with Crippen LogP contribution in [0.25, 0.3) is 0 Å². The second kappa shape index (κ2) is 7.63. The number of carbonyl (C=O) groups is 1. The van der Waals surface area contributed by atoms with Gasteiger partial charge in [0, 0.05) is 11.6 Å². The van der Waals surface area contributed by atoms with E-state index in [1.54, 1.807) is 6.92 Å². The Kier molecular flexibility index (Phi) is 5.83. The van der Waals surface area contributed by atoms with E-state index in [9.17, 15) is 9.90 Å². The number of rotatable bonds is 6. The lowest BCUT2D eigenvalue weighted by Gasteiger charge is -2.22. The van der Waals surface area contributed by atoms with Crippen molar-refractivity contribution in [3.05, 3.63) is 57.2 Å². The van der Waals surface area contributed by atoms with Crippen molar-refractivity contribution in [2.45, 2.75) is 18.9 Å². The van der Waals surface area contributed by atoms with Crippen molar-refractivity contribution in [3.8, 4) is 0 Å². The molecule has 2 amide bonds. The monoisotopic (exact) mass is 338 g/mol. The first-order chi connectivity index (χ1) is 10.5. The molecule has 1 atom stereocenters. The fourth-order valence-electron chi connectivity index (χ4n) is 2.00. The standard InChI is InChI=1S/C16H19ClN2O2S/c1-16(21,13-7-9-22-10-13)11-19-15(20)18-8-6-12-4-2-3-5-14(12)17/h2-5,7,9-10,21H,6,8,11H2,1H3,(H2,18,19,20). The molecule has 0 aliphatic rings. The van der Waals surface area contributed by atoms with Crippen molar-refractivity contribution in [2.75, 3.05) is 13.1 Å². The van der Waals surface area contributed by atoms with Gasteiger partial charge in [0.05, 0.1) is 6.54 Å². The van der Waals surface area contributed by atoms with E-state index in [4.69, 9.17) is 11.6 Å². The number of carbonyl (C=O) groups excluding carboxylic acids is 1. The quantitative estimate of drug-likeness (QED) is 0.757. The van der Waals surface area contributed by atoms with Gasteiger partial charge < -0.3 is 15.7 Å². The van der Waals surface area contributed by atoms with Gasteiger partial charge in [0.15, 0.2) is 0 Å². The van der Waals surface area contributed by atoms with Gasteiger partial charge in [0.2, 0.25) is 0 Å². The van der Waals surface area contributed by atoms with Crippen molar-refractivity contribution in [2.24, 2.45) is 0 Å². The summed E-state index contributed by atoms with van der Waals surface area (Å²) >= 11 is 7.57. The molecular weight excluding hydrogens is 320 g/mol. The zero-order chi connectivity index (χ0) is 16.0. The molecule has 0 saturated carbocycles. The smallest absolute Gasteiger partial charge is 0.314 e. The van der Waals surface area contributed by atoms with Crippen LogP contribution in [0.2, 0.25) is 5.02 Å². The third-order valence-electron chi connectivity index (χ3n) is 3.37. The molecule has 0 aliphatic carbocycles. The molecule has 2 rings (SSSR count). The zero-order valence-corrected chi connectivity index (χ0v) is 13.9. The van der Waals surface area contributed by atoms with Crippen LogP contribution in [-0.2, 0) is 12.0 Å². The molecule has 0 bridgehead atoms. The number of thiophene rings is 1. The predicted molar refractivity (Wildman–Crippen MR) is 90.4 cm³/mol. The maximum atomic E-state index is 11.8. The summed E-state index contributed by atoms with van der Waals surface area (Å²) in [5.41, 5.74) is 0.726. The summed E-state index contributed by atoms with van der Waals surface area (Å²) in [6, 6.07) is 9.10. The van der Waals surface area contributed by atoms with Crippen molar-refractivity contribution in [1.29, 1.82) is 0 Å². The third kappa shape index (κ3) is 4.73. The highest BCUT2D eigenvalue weighted by Crippen LogP contribution is 2.21. The summed E-state index contributed by atoms with van der Waals surface area (Å²) in [7, 11) is 0. The second-order valence-electron chi connectivity index (χ2n) is 5.24. The summed E-state index contributed by atoms with van der Waals surface area (Å²) in [4.78, 5) is 11.8. The van der Waals surface area contributed by atoms with Gasteiger partial charge in [-0.2, -0.15) is 11.3 Å². The summed E-state index contributed by atoms with van der Waals surface area (Å²) < 4.78 is 0. The molecule has 1 aromatic carbocycles. The van der Waals surface area contributed by atoms with Gasteiger partial charge in [-0.1, -0.05) is 29.8 Å². The van der Waals surface area contributed by atoms with E-state index in [1.165, 1.54) is 11.3 Å². The SMILES string of the molecule is CC(O)(CNC(=O)NCCc1ccccc1Cl)c1ccsc1. The van der Waals surface area contributed by atoms with Crippen molar-refractivity contribution in [1.82, 2.24) is 10.6 Å². The Morgan fingerprint density at radius 2 is 2.09 bits per heavy atom. The predicted octanol–water partition coefficient (Wildman–Crippen LogP) is 3.15. The number of amides is 2. The molecule has 4 nitrogen and oxygen atoms in total. The first-order valence-corrected chi connectivity index (χ1v) is 8.31. The Balaban J connectivity index is 1.73. The van der Waals surface area contributed by atoms with E-state index >= 15 is 0 Å². The lowest BCUT2D eigenvalue weighted by molar-refractivity contribution is 0.0598. The minimum atomic E-state index is -1.07. The largest absolute Gasteiger partial charge is 0.384 e. The summed E-state index contributed by atoms with van der Waals surface area (Å²) in [6.45, 7) is 2.32. The van der Waals surface area contributed by atoms with Crippen molar-refractivity contribution in [3.63, 3.8) is 0 Å². The fraction of sp³-hybridized carbons (Fsp3) is 0.312. The van der Waals surface area contributed by atoms with Crippen LogP contribution in [0, 0.1) is 0 Å². The topological polar surface area (TPSA) is 61.4 Å². The molecule has 0 saturated heterocycles. The maximum Gasteiger partial charge on any atom is 0.314 e. The van der Waals surface area contributed by atoms with E-state index in [0.29, 0.717) is 18.0 Å². The van der Waals surface area contributed by atoms with Crippen LogP contribution >= 0.6 is 22.9 Å². The van der Waals surface area contributed by atoms with E-state index in [0.717, 1.165) is 11.1 Å². The minimum Gasteiger partial charge on any atom is -0.384 e. The fourth-order valence-corrected chi connectivity index (χ4v) is 3.01. The van der Waals surface area contributed by atoms with Crippen LogP contribution in [0.1, 0.15) is 18.1 Å². The van der Waals surface area contributed by atoms with E-state index in [2.05, 4.69) is 10.6 Å². The van der Waals surface area contributed by atoms with Crippen molar-refractivity contribution >= 4 is 29.0 Å². The highest BCUT2D eigenvalue weighted by atomic mass is 35.5. The number of benzene rings is 1. The highest BCUT2D eigenvalue weighted by molar-refractivity contribution is 7.08. The first kappa shape index (κ1) is 16.8. The first-order valence-electron chi connectivity index (χ1n) is 6.99. The van der Waals surface area contributed by atoms with E-state index in [-0.39, 0.29) is 12.6 Å². The van der Waals surface area contributed by atoms with Gasteiger partial charge in [-0.25, -0.2) is 4.79 Å². The summed E-state index contributed by atoms with van der Waals surface area (Å²) in [5, 5.41) is 20.2. The average molecular weight is 339 g/mol. The molecule has 22 heavy (non-hydrogen) atoms. The number of nitrogens with one attached hydrogen (secondary N) is 2. The van der Waals surface area contributed by atoms with Gasteiger partial charge in [-0.15, -0.1) is 0 Å². The molecule has 3 N–H and O–H groups in total. The molecule has 6 heteroatoms. The van der Waals surface area contributed by atoms with Gasteiger partial charge in [0.25, 0.3) is 0 Å². The number of hydrogen-bond donors (Lipinski definition) is 3. The molecule has 2 aromatic rings. The molecule has 0 aliphatic heterocycles. The zero-order valence-electron chi connectivity index (χ0n) is 12.3. The number of hydrogen-bond acceptors (Lipinski definition) is 3. The van der Waals surface area contributed by atoms with Crippen LogP contribution < -0.4 is 10.6 Å². The Morgan fingerprint density at radius 1 is 1.32 bits per heavy atom. The molecule has 0 spiro atoms.